The minimum Gasteiger partial charge on any atom is -0.486 e. The first kappa shape index (κ1) is 18.7. The standard InChI is InChI=1S/C22H24N2O3/c1-22(2,3)17-6-8-18(9-7-17)26-15-19-10-11-20(27-19)21(25)24-14-16-5-4-12-23-13-16/h4-13H,14-15H2,1-3H3,(H,24,25). The Kier molecular flexibility index (Phi) is 5.60. The molecule has 0 saturated heterocycles. The van der Waals surface area contributed by atoms with Crippen molar-refractivity contribution in [2.24, 2.45) is 0 Å². The van der Waals surface area contributed by atoms with Gasteiger partial charge in [-0.1, -0.05) is 39.0 Å². The summed E-state index contributed by atoms with van der Waals surface area (Å²) < 4.78 is 11.3. The molecule has 0 bridgehead atoms. The van der Waals surface area contributed by atoms with Crippen LogP contribution in [0.25, 0.3) is 0 Å². The number of rotatable bonds is 6. The fourth-order valence-corrected chi connectivity index (χ4v) is 2.56. The maximum atomic E-state index is 12.2. The lowest BCUT2D eigenvalue weighted by atomic mass is 9.87. The van der Waals surface area contributed by atoms with Crippen LogP contribution in [0.4, 0.5) is 0 Å². The summed E-state index contributed by atoms with van der Waals surface area (Å²) in [7, 11) is 0. The molecule has 5 nitrogen and oxygen atoms in total. The maximum Gasteiger partial charge on any atom is 0.287 e. The molecule has 27 heavy (non-hydrogen) atoms. The number of hydrogen-bond donors (Lipinski definition) is 1. The van der Waals surface area contributed by atoms with Gasteiger partial charge in [0.2, 0.25) is 0 Å². The number of carbonyl (C=O) groups is 1. The third kappa shape index (κ3) is 5.20. The lowest BCUT2D eigenvalue weighted by Gasteiger charge is -2.19. The Bertz CT molecular complexity index is 878. The van der Waals surface area contributed by atoms with Gasteiger partial charge in [-0.05, 0) is 46.9 Å². The predicted molar refractivity (Wildman–Crippen MR) is 104 cm³/mol. The molecule has 2 aromatic heterocycles. The van der Waals surface area contributed by atoms with E-state index in [1.54, 1.807) is 24.5 Å². The van der Waals surface area contributed by atoms with Crippen LogP contribution < -0.4 is 10.1 Å². The Balaban J connectivity index is 1.52. The van der Waals surface area contributed by atoms with Gasteiger partial charge < -0.3 is 14.5 Å². The molecule has 3 aromatic rings. The van der Waals surface area contributed by atoms with Crippen molar-refractivity contribution in [3.05, 3.63) is 83.6 Å². The number of hydrogen-bond acceptors (Lipinski definition) is 4. The Morgan fingerprint density at radius 1 is 1.11 bits per heavy atom. The summed E-state index contributed by atoms with van der Waals surface area (Å²) in [6.45, 7) is 7.19. The van der Waals surface area contributed by atoms with E-state index in [1.807, 2.05) is 24.3 Å². The molecule has 3 rings (SSSR count). The molecule has 0 atom stereocenters. The number of benzene rings is 1. The van der Waals surface area contributed by atoms with E-state index in [0.29, 0.717) is 12.3 Å². The van der Waals surface area contributed by atoms with Crippen molar-refractivity contribution in [1.82, 2.24) is 10.3 Å². The van der Waals surface area contributed by atoms with Gasteiger partial charge in [-0.15, -0.1) is 0 Å². The summed E-state index contributed by atoms with van der Waals surface area (Å²) in [4.78, 5) is 16.2. The molecule has 1 N–H and O–H groups in total. The van der Waals surface area contributed by atoms with Crippen molar-refractivity contribution >= 4 is 5.91 Å². The summed E-state index contributed by atoms with van der Waals surface area (Å²) in [5.41, 5.74) is 2.29. The molecule has 0 radical (unpaired) electrons. The van der Waals surface area contributed by atoms with Crippen molar-refractivity contribution in [3.8, 4) is 5.75 Å². The highest BCUT2D eigenvalue weighted by molar-refractivity contribution is 5.91. The number of ether oxygens (including phenoxy) is 1. The molecule has 0 spiro atoms. The number of aromatic nitrogens is 1. The summed E-state index contributed by atoms with van der Waals surface area (Å²) in [5.74, 6) is 1.36. The molecule has 0 unspecified atom stereocenters. The molecule has 0 aliphatic carbocycles. The monoisotopic (exact) mass is 364 g/mol. The van der Waals surface area contributed by atoms with Crippen molar-refractivity contribution in [3.63, 3.8) is 0 Å². The number of pyridine rings is 1. The zero-order chi connectivity index (χ0) is 19.3. The van der Waals surface area contributed by atoms with E-state index in [9.17, 15) is 4.79 Å². The number of nitrogens with zero attached hydrogens (tertiary/aromatic N) is 1. The molecule has 1 amide bonds. The first-order chi connectivity index (χ1) is 12.9. The van der Waals surface area contributed by atoms with Crippen LogP contribution in [0.15, 0.2) is 65.3 Å². The summed E-state index contributed by atoms with van der Waals surface area (Å²) in [5, 5.41) is 2.81. The maximum absolute atomic E-state index is 12.2. The largest absolute Gasteiger partial charge is 0.486 e. The molecule has 1 aromatic carbocycles. The van der Waals surface area contributed by atoms with Crippen LogP contribution in [0.2, 0.25) is 0 Å². The average molecular weight is 364 g/mol. The van der Waals surface area contributed by atoms with Gasteiger partial charge in [0.15, 0.2) is 5.76 Å². The molecule has 5 heteroatoms. The summed E-state index contributed by atoms with van der Waals surface area (Å²) >= 11 is 0. The second-order valence-corrected chi connectivity index (χ2v) is 7.37. The molecule has 0 saturated carbocycles. The van der Waals surface area contributed by atoms with E-state index in [0.717, 1.165) is 11.3 Å². The normalized spacial score (nSPS) is 11.2. The fraction of sp³-hybridized carbons (Fsp3) is 0.273. The summed E-state index contributed by atoms with van der Waals surface area (Å²) in [6, 6.07) is 15.2. The zero-order valence-electron chi connectivity index (χ0n) is 15.9. The second kappa shape index (κ2) is 8.08. The smallest absolute Gasteiger partial charge is 0.287 e. The van der Waals surface area contributed by atoms with Gasteiger partial charge in [0.1, 0.15) is 18.1 Å². The van der Waals surface area contributed by atoms with E-state index >= 15 is 0 Å². The fourth-order valence-electron chi connectivity index (χ4n) is 2.56. The molecular formula is C22H24N2O3. The van der Waals surface area contributed by atoms with Crippen LogP contribution in [-0.2, 0) is 18.6 Å². The highest BCUT2D eigenvalue weighted by Gasteiger charge is 2.14. The van der Waals surface area contributed by atoms with E-state index in [4.69, 9.17) is 9.15 Å². The predicted octanol–water partition coefficient (Wildman–Crippen LogP) is 4.48. The van der Waals surface area contributed by atoms with Crippen molar-refractivity contribution in [1.29, 1.82) is 0 Å². The Hall–Kier alpha value is -3.08. The highest BCUT2D eigenvalue weighted by atomic mass is 16.5. The minimum absolute atomic E-state index is 0.109. The Morgan fingerprint density at radius 2 is 1.89 bits per heavy atom. The number of amides is 1. The van der Waals surface area contributed by atoms with E-state index in [2.05, 4.69) is 43.2 Å². The zero-order valence-corrected chi connectivity index (χ0v) is 15.9. The quantitative estimate of drug-likeness (QED) is 0.700. The lowest BCUT2D eigenvalue weighted by Crippen LogP contribution is -2.22. The van der Waals surface area contributed by atoms with Crippen LogP contribution in [0.3, 0.4) is 0 Å². The topological polar surface area (TPSA) is 64.4 Å². The second-order valence-electron chi connectivity index (χ2n) is 7.37. The van der Waals surface area contributed by atoms with E-state index < -0.39 is 0 Å². The van der Waals surface area contributed by atoms with Crippen LogP contribution in [0.5, 0.6) is 5.75 Å². The van der Waals surface area contributed by atoms with Crippen molar-refractivity contribution in [2.45, 2.75) is 39.3 Å². The van der Waals surface area contributed by atoms with Crippen LogP contribution in [0.1, 0.15) is 48.2 Å². The molecule has 0 aliphatic heterocycles. The highest BCUT2D eigenvalue weighted by Crippen LogP contribution is 2.24. The van der Waals surface area contributed by atoms with Crippen LogP contribution >= 0.6 is 0 Å². The van der Waals surface area contributed by atoms with Crippen molar-refractivity contribution in [2.75, 3.05) is 0 Å². The molecule has 2 heterocycles. The third-order valence-corrected chi connectivity index (χ3v) is 4.16. The lowest BCUT2D eigenvalue weighted by molar-refractivity contribution is 0.0919. The van der Waals surface area contributed by atoms with E-state index in [1.165, 1.54) is 5.56 Å². The first-order valence-corrected chi connectivity index (χ1v) is 8.91. The number of carbonyl (C=O) groups excluding carboxylic acids is 1. The van der Waals surface area contributed by atoms with E-state index in [-0.39, 0.29) is 23.7 Å². The number of nitrogens with one attached hydrogen (secondary N) is 1. The van der Waals surface area contributed by atoms with Gasteiger partial charge in [0.25, 0.3) is 5.91 Å². The van der Waals surface area contributed by atoms with Crippen LogP contribution in [0, 0.1) is 0 Å². The number of furan rings is 1. The summed E-state index contributed by atoms with van der Waals surface area (Å²) in [6.07, 6.45) is 3.41. The molecule has 0 aliphatic rings. The first-order valence-electron chi connectivity index (χ1n) is 8.91. The van der Waals surface area contributed by atoms with Gasteiger partial charge in [-0.2, -0.15) is 0 Å². The third-order valence-electron chi connectivity index (χ3n) is 4.16. The molecule has 140 valence electrons. The van der Waals surface area contributed by atoms with Gasteiger partial charge in [-0.3, -0.25) is 9.78 Å². The Labute approximate surface area is 159 Å². The average Bonchev–Trinajstić information content (AvgIpc) is 3.14. The van der Waals surface area contributed by atoms with Gasteiger partial charge in [0, 0.05) is 18.9 Å². The van der Waals surface area contributed by atoms with Gasteiger partial charge in [0.05, 0.1) is 0 Å². The van der Waals surface area contributed by atoms with Crippen LogP contribution in [-0.4, -0.2) is 10.9 Å². The Morgan fingerprint density at radius 3 is 2.56 bits per heavy atom. The molecule has 0 fully saturated rings. The van der Waals surface area contributed by atoms with Gasteiger partial charge in [-0.25, -0.2) is 0 Å². The molecular weight excluding hydrogens is 340 g/mol. The van der Waals surface area contributed by atoms with Crippen molar-refractivity contribution < 1.29 is 13.9 Å². The minimum atomic E-state index is -0.264. The SMILES string of the molecule is CC(C)(C)c1ccc(OCc2ccc(C(=O)NCc3cccnc3)o2)cc1. The van der Waals surface area contributed by atoms with Gasteiger partial charge >= 0.3 is 0 Å².